The Hall–Kier alpha value is -4.92. The van der Waals surface area contributed by atoms with Gasteiger partial charge in [0.15, 0.2) is 8.07 Å². The van der Waals surface area contributed by atoms with Gasteiger partial charge in [0, 0.05) is 0 Å². The molecule has 0 fully saturated rings. The molecule has 1 heterocycles. The Morgan fingerprint density at radius 3 is 1.60 bits per heavy atom. The molecule has 0 aliphatic carbocycles. The number of ether oxygens (including phenoxy) is 1. The van der Waals surface area contributed by atoms with E-state index in [1.807, 2.05) is 7.11 Å². The average molecular weight is 597 g/mol. The van der Waals surface area contributed by atoms with Crippen molar-refractivity contribution >= 4 is 45.2 Å². The van der Waals surface area contributed by atoms with E-state index in [-0.39, 0.29) is 5.04 Å². The lowest BCUT2D eigenvalue weighted by atomic mass is 9.97. The van der Waals surface area contributed by atoms with Gasteiger partial charge in [-0.2, -0.15) is 0 Å². The van der Waals surface area contributed by atoms with Crippen molar-refractivity contribution in [3.05, 3.63) is 146 Å². The minimum Gasteiger partial charge on any atom is -0.497 e. The van der Waals surface area contributed by atoms with Crippen molar-refractivity contribution in [1.29, 1.82) is 0 Å². The van der Waals surface area contributed by atoms with E-state index in [1.165, 1.54) is 70.5 Å². The summed E-state index contributed by atoms with van der Waals surface area (Å²) in [5.74, 6) is 0.996. The summed E-state index contributed by atoms with van der Waals surface area (Å²) in [6.07, 6.45) is 0. The number of hydrogen-bond acceptors (Lipinski definition) is 1. The molecule has 0 bridgehead atoms. The van der Waals surface area contributed by atoms with Gasteiger partial charge in [-0.25, -0.2) is 0 Å². The normalized spacial score (nSPS) is 15.6. The predicted octanol–water partition coefficient (Wildman–Crippen LogP) is 9.59. The summed E-state index contributed by atoms with van der Waals surface area (Å²) in [6, 6.07) is 54.1. The Labute approximate surface area is 266 Å². The van der Waals surface area contributed by atoms with Crippen LogP contribution in [0.25, 0.3) is 54.9 Å². The van der Waals surface area contributed by atoms with Gasteiger partial charge in [0.05, 0.1) is 7.11 Å². The molecule has 0 radical (unpaired) electrons. The predicted molar refractivity (Wildman–Crippen MR) is 195 cm³/mol. The fraction of sp³-hybridized carbons (Fsp3) is 0.116. The highest BCUT2D eigenvalue weighted by Gasteiger charge is 2.56. The number of fused-ring (bicyclic) bond motifs is 5. The molecule has 7 aromatic carbocycles. The van der Waals surface area contributed by atoms with Crippen LogP contribution < -0.4 is 20.3 Å². The SMILES string of the molecule is COc1cccc2c1[Si@](c1ccc(-c3ccc4ccccc4c3)cc1)(C(C)(C)C)c1ccc(-c3ccc4ccccc4c3)cc1-2. The van der Waals surface area contributed by atoms with Crippen LogP contribution in [0.1, 0.15) is 20.8 Å². The average Bonchev–Trinajstić information content (AvgIpc) is 3.39. The van der Waals surface area contributed by atoms with Crippen molar-refractivity contribution < 1.29 is 4.74 Å². The third-order valence-electron chi connectivity index (χ3n) is 9.94. The van der Waals surface area contributed by atoms with Gasteiger partial charge in [0.1, 0.15) is 5.75 Å². The molecule has 1 atom stereocenters. The van der Waals surface area contributed by atoms with Gasteiger partial charge in [-0.15, -0.1) is 0 Å². The first-order chi connectivity index (χ1) is 21.9. The van der Waals surface area contributed by atoms with E-state index < -0.39 is 8.07 Å². The fourth-order valence-corrected chi connectivity index (χ4v) is 14.0. The molecule has 7 aromatic rings. The zero-order valence-corrected chi connectivity index (χ0v) is 27.3. The maximum absolute atomic E-state index is 6.19. The van der Waals surface area contributed by atoms with Crippen molar-refractivity contribution in [2.24, 2.45) is 0 Å². The second kappa shape index (κ2) is 10.3. The zero-order chi connectivity index (χ0) is 30.8. The maximum atomic E-state index is 6.19. The molecule has 0 spiro atoms. The third kappa shape index (κ3) is 4.20. The first kappa shape index (κ1) is 27.6. The molecule has 0 aromatic heterocycles. The van der Waals surface area contributed by atoms with Gasteiger partial charge in [-0.1, -0.05) is 142 Å². The highest BCUT2D eigenvalue weighted by Crippen LogP contribution is 2.45. The van der Waals surface area contributed by atoms with Crippen LogP contribution in [0.15, 0.2) is 146 Å². The van der Waals surface area contributed by atoms with Crippen LogP contribution in [0.5, 0.6) is 5.75 Å². The lowest BCUT2D eigenvalue weighted by molar-refractivity contribution is 0.418. The van der Waals surface area contributed by atoms with Crippen LogP contribution in [-0.2, 0) is 0 Å². The van der Waals surface area contributed by atoms with Crippen molar-refractivity contribution in [2.75, 3.05) is 7.11 Å². The number of benzene rings is 7. The molecule has 8 rings (SSSR count). The molecule has 45 heavy (non-hydrogen) atoms. The fourth-order valence-electron chi connectivity index (χ4n) is 7.88. The third-order valence-corrected chi connectivity index (χ3v) is 15.9. The van der Waals surface area contributed by atoms with Crippen LogP contribution in [0.3, 0.4) is 0 Å². The Bertz CT molecular complexity index is 2240. The van der Waals surface area contributed by atoms with Gasteiger partial charge in [0.2, 0.25) is 0 Å². The van der Waals surface area contributed by atoms with Gasteiger partial charge in [-0.3, -0.25) is 0 Å². The van der Waals surface area contributed by atoms with Crippen molar-refractivity contribution in [2.45, 2.75) is 25.8 Å². The molecule has 1 aliphatic rings. The first-order valence-electron chi connectivity index (χ1n) is 15.8. The maximum Gasteiger partial charge on any atom is 0.159 e. The number of hydrogen-bond donors (Lipinski definition) is 0. The van der Waals surface area contributed by atoms with Gasteiger partial charge in [0.25, 0.3) is 0 Å². The van der Waals surface area contributed by atoms with Gasteiger partial charge < -0.3 is 4.74 Å². The summed E-state index contributed by atoms with van der Waals surface area (Å²) in [5.41, 5.74) is 7.64. The molecule has 1 nitrogen and oxygen atoms in total. The highest BCUT2D eigenvalue weighted by atomic mass is 28.3. The monoisotopic (exact) mass is 596 g/mol. The molecular formula is C43H36OSi. The minimum atomic E-state index is -2.58. The van der Waals surface area contributed by atoms with E-state index in [4.69, 9.17) is 4.74 Å². The summed E-state index contributed by atoms with van der Waals surface area (Å²) < 4.78 is 6.19. The van der Waals surface area contributed by atoms with Crippen LogP contribution in [0.4, 0.5) is 0 Å². The van der Waals surface area contributed by atoms with Crippen LogP contribution >= 0.6 is 0 Å². The van der Waals surface area contributed by atoms with Gasteiger partial charge in [-0.05, 0) is 99.8 Å². The molecule has 2 heteroatoms. The Kier molecular flexibility index (Phi) is 6.34. The van der Waals surface area contributed by atoms with Crippen molar-refractivity contribution in [3.8, 4) is 39.1 Å². The van der Waals surface area contributed by atoms with E-state index in [2.05, 4.69) is 166 Å². The van der Waals surface area contributed by atoms with Crippen LogP contribution in [-0.4, -0.2) is 15.2 Å². The summed E-state index contributed by atoms with van der Waals surface area (Å²) in [4.78, 5) is 0. The zero-order valence-electron chi connectivity index (χ0n) is 26.3. The number of methoxy groups -OCH3 is 1. The highest BCUT2D eigenvalue weighted by molar-refractivity contribution is 7.16. The summed E-state index contributed by atoms with van der Waals surface area (Å²) in [6.45, 7) is 7.29. The topological polar surface area (TPSA) is 9.23 Å². The molecule has 0 unspecified atom stereocenters. The molecule has 1 aliphatic heterocycles. The molecule has 0 saturated carbocycles. The Balaban J connectivity index is 1.33. The van der Waals surface area contributed by atoms with E-state index >= 15 is 0 Å². The summed E-state index contributed by atoms with van der Waals surface area (Å²) >= 11 is 0. The van der Waals surface area contributed by atoms with Gasteiger partial charge >= 0.3 is 0 Å². The van der Waals surface area contributed by atoms with Crippen molar-refractivity contribution in [3.63, 3.8) is 0 Å². The molecule has 218 valence electrons. The molecule has 0 saturated heterocycles. The van der Waals surface area contributed by atoms with Crippen LogP contribution in [0, 0.1) is 0 Å². The lowest BCUT2D eigenvalue weighted by Crippen LogP contribution is -2.70. The van der Waals surface area contributed by atoms with E-state index in [9.17, 15) is 0 Å². The molecule has 0 amide bonds. The van der Waals surface area contributed by atoms with Crippen molar-refractivity contribution in [1.82, 2.24) is 0 Å². The Morgan fingerprint density at radius 1 is 0.467 bits per heavy atom. The van der Waals surface area contributed by atoms with E-state index in [1.54, 1.807) is 0 Å². The summed E-state index contributed by atoms with van der Waals surface area (Å²) in [7, 11) is -0.754. The standard InChI is InChI=1S/C43H36OSi/c1-43(2,3)45(37-23-20-31(21-24-37)34-18-16-29-10-5-7-12-32(29)26-34)41-25-22-36(35-19-17-30-11-6-8-13-33(30)27-35)28-39(41)38-14-9-15-40(44-4)42(38)45/h5-28H,1-4H3/t45-/m1/s1. The quantitative estimate of drug-likeness (QED) is 0.184. The minimum absolute atomic E-state index is 0.0173. The first-order valence-corrected chi connectivity index (χ1v) is 17.8. The number of rotatable bonds is 4. The van der Waals surface area contributed by atoms with E-state index in [0.717, 1.165) is 5.75 Å². The summed E-state index contributed by atoms with van der Waals surface area (Å²) in [5, 5.41) is 9.34. The smallest absolute Gasteiger partial charge is 0.159 e. The Morgan fingerprint density at radius 2 is 1.00 bits per heavy atom. The second-order valence-corrected chi connectivity index (χ2v) is 18.0. The molecule has 0 N–H and O–H groups in total. The van der Waals surface area contributed by atoms with E-state index in [0.29, 0.717) is 0 Å². The lowest BCUT2D eigenvalue weighted by Gasteiger charge is -2.43. The molecular weight excluding hydrogens is 561 g/mol. The van der Waals surface area contributed by atoms with Crippen LogP contribution in [0.2, 0.25) is 5.04 Å². The largest absolute Gasteiger partial charge is 0.497 e. The second-order valence-electron chi connectivity index (χ2n) is 13.3.